The maximum atomic E-state index is 13.6. The Morgan fingerprint density at radius 1 is 0.486 bits per heavy atom. The van der Waals surface area contributed by atoms with Crippen molar-refractivity contribution in [2.45, 2.75) is 464 Å². The number of carboxylic acid groups (broad SMARTS) is 1. The first-order valence-electron chi connectivity index (χ1n) is 43.2. The summed E-state index contributed by atoms with van der Waals surface area (Å²) in [5.74, 6) is -6.13. The van der Waals surface area contributed by atoms with Gasteiger partial charge in [-0.05, 0) is 44.9 Å². The number of unbranched alkanes of at least 4 members (excludes halogenated alkanes) is 47. The highest BCUT2D eigenvalue weighted by Crippen LogP contribution is 2.39. The van der Waals surface area contributed by atoms with Crippen molar-refractivity contribution in [2.75, 3.05) is 26.4 Å². The van der Waals surface area contributed by atoms with Gasteiger partial charge < -0.3 is 100 Å². The number of nitrogens with one attached hydrogen (secondary N) is 2. The third kappa shape index (κ3) is 42.2. The predicted molar refractivity (Wildman–Crippen MR) is 417 cm³/mol. The topological polar surface area (TPSA) is 373 Å². The van der Waals surface area contributed by atoms with Gasteiger partial charge in [0.05, 0.1) is 50.7 Å². The highest BCUT2D eigenvalue weighted by molar-refractivity contribution is 5.77. The Bertz CT molecular complexity index is 2220. The van der Waals surface area contributed by atoms with Crippen LogP contribution in [-0.2, 0) is 42.8 Å². The molecule has 0 aromatic carbocycles. The number of aliphatic hydroxyl groups excluding tert-OH is 11. The lowest BCUT2D eigenvalue weighted by Crippen LogP contribution is -2.70. The van der Waals surface area contributed by atoms with E-state index in [0.29, 0.717) is 12.8 Å². The van der Waals surface area contributed by atoms with Gasteiger partial charge in [0.15, 0.2) is 12.6 Å². The van der Waals surface area contributed by atoms with Crippen LogP contribution in [0.3, 0.4) is 0 Å². The number of carboxylic acids is 1. The Morgan fingerprint density at radius 2 is 0.879 bits per heavy atom. The van der Waals surface area contributed by atoms with E-state index in [1.807, 2.05) is 6.08 Å². The summed E-state index contributed by atoms with van der Waals surface area (Å²) in [6.07, 6.45) is 42.1. The molecule has 0 radical (unpaired) electrons. The van der Waals surface area contributed by atoms with Gasteiger partial charge in [0.25, 0.3) is 5.79 Å². The molecule has 3 heterocycles. The molecule has 18 unspecified atom stereocenters. The molecule has 107 heavy (non-hydrogen) atoms. The molecule has 628 valence electrons. The number of amides is 2. The SMILES string of the molecule is CCCCCCCCCCCCCC/C=C\CCCCCCCCCCCCCCC(=O)NC(COC1OC(CO)C(OC2OC(CO)C(O)C(OC3(C(=O)O)CC(O)C(NC(C)=O)C(C(O)C(O)CO)O3)C2O)C(O)C1O)C(O)/C=C/CCCCCCCCCCCCCCCCCCCCCCCCC. The van der Waals surface area contributed by atoms with E-state index in [9.17, 15) is 75.7 Å². The molecule has 2 amide bonds. The van der Waals surface area contributed by atoms with Crippen LogP contribution < -0.4 is 10.6 Å². The van der Waals surface area contributed by atoms with Gasteiger partial charge in [0.2, 0.25) is 11.8 Å². The molecule has 3 saturated heterocycles. The monoisotopic (exact) mass is 1530 g/mol. The Morgan fingerprint density at radius 3 is 1.27 bits per heavy atom. The van der Waals surface area contributed by atoms with Crippen LogP contribution in [0.2, 0.25) is 0 Å². The Labute approximate surface area is 644 Å². The second-order valence-corrected chi connectivity index (χ2v) is 31.4. The van der Waals surface area contributed by atoms with Gasteiger partial charge in [-0.1, -0.05) is 314 Å². The van der Waals surface area contributed by atoms with Gasteiger partial charge in [-0.2, -0.15) is 0 Å². The van der Waals surface area contributed by atoms with Gasteiger partial charge in [-0.25, -0.2) is 4.79 Å². The number of hydrogen-bond acceptors (Lipinski definition) is 20. The van der Waals surface area contributed by atoms with Crippen molar-refractivity contribution in [1.29, 1.82) is 0 Å². The van der Waals surface area contributed by atoms with E-state index in [4.69, 9.17) is 28.4 Å². The van der Waals surface area contributed by atoms with Crippen molar-refractivity contribution in [2.24, 2.45) is 0 Å². The largest absolute Gasteiger partial charge is 0.477 e. The second-order valence-electron chi connectivity index (χ2n) is 31.4. The molecule has 0 spiro atoms. The molecule has 0 aromatic rings. The lowest BCUT2D eigenvalue weighted by Gasteiger charge is -2.50. The Hall–Kier alpha value is -2.79. The van der Waals surface area contributed by atoms with Crippen LogP contribution in [0.15, 0.2) is 24.3 Å². The summed E-state index contributed by atoms with van der Waals surface area (Å²) in [7, 11) is 0. The summed E-state index contributed by atoms with van der Waals surface area (Å²) < 4.78 is 35.0. The molecule has 0 aromatic heterocycles. The van der Waals surface area contributed by atoms with Crippen LogP contribution in [0.4, 0.5) is 0 Å². The highest BCUT2D eigenvalue weighted by atomic mass is 16.8. The van der Waals surface area contributed by atoms with Crippen molar-refractivity contribution in [3.63, 3.8) is 0 Å². The van der Waals surface area contributed by atoms with E-state index in [1.54, 1.807) is 6.08 Å². The number of aliphatic carboxylic acids is 1. The molecule has 3 rings (SSSR count). The minimum Gasteiger partial charge on any atom is -0.477 e. The predicted octanol–water partition coefficient (Wildman–Crippen LogP) is 12.7. The van der Waals surface area contributed by atoms with Gasteiger partial charge in [-0.15, -0.1) is 0 Å². The van der Waals surface area contributed by atoms with Crippen molar-refractivity contribution >= 4 is 17.8 Å². The molecule has 3 aliphatic rings. The van der Waals surface area contributed by atoms with E-state index in [-0.39, 0.29) is 12.3 Å². The molecular weight excluding hydrogens is 1370 g/mol. The Kier molecular flexibility index (Phi) is 57.6. The number of aliphatic hydroxyl groups is 11. The first-order chi connectivity index (χ1) is 51.9. The van der Waals surface area contributed by atoms with Crippen LogP contribution in [0.1, 0.15) is 355 Å². The van der Waals surface area contributed by atoms with Crippen LogP contribution in [0.5, 0.6) is 0 Å². The van der Waals surface area contributed by atoms with E-state index >= 15 is 0 Å². The fourth-order valence-electron chi connectivity index (χ4n) is 15.1. The summed E-state index contributed by atoms with van der Waals surface area (Å²) in [6, 6.07) is -2.62. The zero-order valence-corrected chi connectivity index (χ0v) is 66.8. The number of allylic oxidation sites excluding steroid dienone is 3. The minimum absolute atomic E-state index is 0.202. The lowest BCUT2D eigenvalue weighted by atomic mass is 9.88. The average Bonchev–Trinajstić information content (AvgIpc) is 0.760. The Balaban J connectivity index is 1.49. The van der Waals surface area contributed by atoms with E-state index < -0.39 is 155 Å². The maximum absolute atomic E-state index is 13.6. The maximum Gasteiger partial charge on any atom is 0.364 e. The zero-order chi connectivity index (χ0) is 78.1. The van der Waals surface area contributed by atoms with Crippen molar-refractivity contribution in [3.05, 3.63) is 24.3 Å². The third-order valence-corrected chi connectivity index (χ3v) is 21.9. The normalized spacial score (nSPS) is 26.1. The molecular formula is C84H156N2O21. The first-order valence-corrected chi connectivity index (χ1v) is 43.2. The lowest BCUT2D eigenvalue weighted by molar-refractivity contribution is -0.386. The summed E-state index contributed by atoms with van der Waals surface area (Å²) in [6.45, 7) is 2.21. The van der Waals surface area contributed by atoms with Crippen molar-refractivity contribution in [3.8, 4) is 0 Å². The smallest absolute Gasteiger partial charge is 0.364 e. The molecule has 3 aliphatic heterocycles. The van der Waals surface area contributed by atoms with Crippen LogP contribution >= 0.6 is 0 Å². The summed E-state index contributed by atoms with van der Waals surface area (Å²) in [5.41, 5.74) is 0. The van der Waals surface area contributed by atoms with E-state index in [1.165, 1.54) is 263 Å². The van der Waals surface area contributed by atoms with Crippen molar-refractivity contribution in [1.82, 2.24) is 10.6 Å². The second kappa shape index (κ2) is 62.6. The number of carbonyl (C=O) groups is 3. The van der Waals surface area contributed by atoms with Crippen LogP contribution in [-0.4, -0.2) is 215 Å². The molecule has 23 nitrogen and oxygen atoms in total. The highest BCUT2D eigenvalue weighted by Gasteiger charge is 2.60. The molecule has 18 atom stereocenters. The van der Waals surface area contributed by atoms with Crippen molar-refractivity contribution < 1.29 is 104 Å². The van der Waals surface area contributed by atoms with Crippen LogP contribution in [0, 0.1) is 0 Å². The molecule has 0 aliphatic carbocycles. The molecule has 0 bridgehead atoms. The molecule has 3 fully saturated rings. The number of rotatable bonds is 69. The number of ether oxygens (including phenoxy) is 6. The molecule has 0 saturated carbocycles. The van der Waals surface area contributed by atoms with E-state index in [2.05, 4.69) is 36.6 Å². The fraction of sp³-hybridized carbons (Fsp3) is 0.917. The number of carbonyl (C=O) groups excluding carboxylic acids is 2. The summed E-state index contributed by atoms with van der Waals surface area (Å²) in [5, 5.41) is 137. The van der Waals surface area contributed by atoms with Gasteiger partial charge >= 0.3 is 5.97 Å². The average molecular weight is 1530 g/mol. The first kappa shape index (κ1) is 98.4. The van der Waals surface area contributed by atoms with Crippen LogP contribution in [0.25, 0.3) is 0 Å². The minimum atomic E-state index is -3.08. The summed E-state index contributed by atoms with van der Waals surface area (Å²) >= 11 is 0. The van der Waals surface area contributed by atoms with Gasteiger partial charge in [0, 0.05) is 19.8 Å². The van der Waals surface area contributed by atoms with Gasteiger partial charge in [-0.3, -0.25) is 9.59 Å². The quantitative estimate of drug-likeness (QED) is 0.0199. The van der Waals surface area contributed by atoms with Gasteiger partial charge in [0.1, 0.15) is 67.1 Å². The number of hydrogen-bond donors (Lipinski definition) is 14. The summed E-state index contributed by atoms with van der Waals surface area (Å²) in [4.78, 5) is 38.8. The molecule has 14 N–H and O–H groups in total. The van der Waals surface area contributed by atoms with E-state index in [0.717, 1.165) is 51.9 Å². The standard InChI is InChI=1S/C84H156N2O21/c1-4-6-8-10-12-14-16-18-20-22-24-26-28-30-31-32-34-36-38-40-42-44-46-48-50-52-54-56-58-71(94)86-65(66(91)57-55-53-51-49-47-45-43-41-39-37-35-33-29-27-25-23-21-19-17-15-13-11-9-7-5-2)63-102-81-76(98)75(97)78(70(62-89)104-81)105-82-77(99)80(74(96)69(61-88)103-82)107-84(83(100)101)59-67(92)72(85-64(3)90)79(106-84)73(95)68(93)60-87/h30-31,55,57,65-70,72-82,87-89,91-93,95-99H,4-29,32-54,56,58-63H2,1-3H3,(H,85,90)(H,86,94)(H,100,101)/b31-30-,57-55+. The fourth-order valence-corrected chi connectivity index (χ4v) is 15.1. The zero-order valence-electron chi connectivity index (χ0n) is 66.8. The molecule has 23 heteroatoms. The third-order valence-electron chi connectivity index (χ3n) is 21.9.